The first-order valence-electron chi connectivity index (χ1n) is 30.9. The van der Waals surface area contributed by atoms with Crippen molar-refractivity contribution in [2.24, 2.45) is 20.0 Å². The predicted octanol–water partition coefficient (Wildman–Crippen LogP) is 18.9. The maximum Gasteiger partial charge on any atom is 4.00 e. The van der Waals surface area contributed by atoms with E-state index in [0.717, 1.165) is 89.5 Å². The molecule has 0 spiro atoms. The van der Waals surface area contributed by atoms with Crippen molar-refractivity contribution < 1.29 is 57.5 Å². The monoisotopic (exact) mass is 1340 g/mol. The summed E-state index contributed by atoms with van der Waals surface area (Å²) in [6.07, 6.45) is 6.66. The van der Waals surface area contributed by atoms with E-state index in [4.69, 9.17) is 20.0 Å². The van der Waals surface area contributed by atoms with Crippen LogP contribution in [-0.2, 0) is 58.8 Å². The van der Waals surface area contributed by atoms with E-state index < -0.39 is 0 Å². The third-order valence-electron chi connectivity index (χ3n) is 14.3. The van der Waals surface area contributed by atoms with Gasteiger partial charge in [0.05, 0.1) is 22.7 Å². The number of rotatable bonds is 10. The van der Waals surface area contributed by atoms with Crippen LogP contribution in [0.1, 0.15) is 150 Å². The summed E-state index contributed by atoms with van der Waals surface area (Å²) in [7, 11) is 14.0. The van der Waals surface area contributed by atoms with Gasteiger partial charge in [-0.1, -0.05) is 227 Å². The molecule has 8 rings (SSSR count). The Hall–Kier alpha value is -7.35. The molecule has 8 aromatic carbocycles. The Balaban J connectivity index is 0.000000790. The number of benzene rings is 8. The van der Waals surface area contributed by atoms with Gasteiger partial charge < -0.3 is 41.7 Å². The van der Waals surface area contributed by atoms with E-state index >= 15 is 0 Å². The largest absolute Gasteiger partial charge is 4.00 e. The molecule has 12 nitrogen and oxygen atoms in total. The molecule has 0 aliphatic carbocycles. The molecule has 0 saturated heterocycles. The van der Waals surface area contributed by atoms with Gasteiger partial charge in [-0.2, -0.15) is 56.4 Å². The van der Waals surface area contributed by atoms with Gasteiger partial charge in [0.1, 0.15) is 0 Å². The van der Waals surface area contributed by atoms with Crippen LogP contribution in [0.5, 0.6) is 23.0 Å². The van der Waals surface area contributed by atoms with Crippen LogP contribution < -0.4 is 20.4 Å². The fourth-order valence-electron chi connectivity index (χ4n) is 9.89. The molecule has 494 valence electrons. The van der Waals surface area contributed by atoms with Gasteiger partial charge >= 0.3 is 37.1 Å². The van der Waals surface area contributed by atoms with Crippen LogP contribution in [0.2, 0.25) is 0 Å². The van der Waals surface area contributed by atoms with E-state index in [0.29, 0.717) is 22.3 Å². The van der Waals surface area contributed by atoms with Crippen molar-refractivity contribution >= 4 is 47.6 Å². The summed E-state index contributed by atoms with van der Waals surface area (Å²) in [4.78, 5) is 19.3. The number of hydrogen-bond acceptors (Lipinski definition) is 8. The van der Waals surface area contributed by atoms with E-state index in [1.165, 1.54) is 0 Å². The quantitative estimate of drug-likeness (QED) is 0.123. The van der Waals surface area contributed by atoms with E-state index in [2.05, 4.69) is 73.2 Å². The molecule has 0 aliphatic rings. The molecule has 14 heteroatoms. The average molecular weight is 1340 g/mol. The molecule has 0 amide bonds. The molecule has 0 heterocycles. The normalized spacial score (nSPS) is 11.4. The standard InChI is InChI=1S/2C36H40N2O2.4C2H6N.2V/c2*1-23-13-9-19-29(37-21-25-15-11-17-27(33(25)39)35(3,4)5)31(23)32-24(2)14-10-20-30(32)38-22-26-16-12-18-28(34(26)40)36(6,7)8;4*1-3-2;;/h2*9-22,39-40H,1-8H3;4*1-2H3;;/q;;4*-1;2*+4/p-4. The summed E-state index contributed by atoms with van der Waals surface area (Å²) >= 11 is 0. The van der Waals surface area contributed by atoms with Crippen molar-refractivity contribution in [3.63, 3.8) is 0 Å². The predicted molar refractivity (Wildman–Crippen MR) is 391 cm³/mol. The second kappa shape index (κ2) is 39.5. The second-order valence-corrected chi connectivity index (χ2v) is 26.6. The van der Waals surface area contributed by atoms with E-state index in [1.807, 2.05) is 204 Å². The maximum atomic E-state index is 13.2. The average Bonchev–Trinajstić information content (AvgIpc) is 0.842. The van der Waals surface area contributed by atoms with Crippen LogP contribution in [-0.4, -0.2) is 81.2 Å². The zero-order valence-corrected chi connectivity index (χ0v) is 63.1. The zero-order valence-electron chi connectivity index (χ0n) is 60.3. The van der Waals surface area contributed by atoms with Crippen molar-refractivity contribution in [2.45, 2.75) is 132 Å². The fourth-order valence-corrected chi connectivity index (χ4v) is 9.89. The van der Waals surface area contributed by atoms with Crippen molar-refractivity contribution in [1.82, 2.24) is 0 Å². The second-order valence-electron chi connectivity index (χ2n) is 26.6. The molecule has 0 aromatic heterocycles. The van der Waals surface area contributed by atoms with Gasteiger partial charge in [-0.05, 0) is 140 Å². The third-order valence-corrected chi connectivity index (χ3v) is 14.3. The molecular formula is C80H100N8O4V2. The maximum absolute atomic E-state index is 13.2. The van der Waals surface area contributed by atoms with Crippen LogP contribution in [0, 0.1) is 27.7 Å². The fraction of sp³-hybridized carbons (Fsp3) is 0.350. The van der Waals surface area contributed by atoms with E-state index in [1.54, 1.807) is 81.2 Å². The summed E-state index contributed by atoms with van der Waals surface area (Å²) in [5.74, 6) is 0.000141. The minimum atomic E-state index is -0.250. The Bertz CT molecular complexity index is 3300. The van der Waals surface area contributed by atoms with Crippen molar-refractivity contribution in [1.29, 1.82) is 0 Å². The molecule has 0 fully saturated rings. The summed E-state index contributed by atoms with van der Waals surface area (Å²) < 4.78 is 0. The van der Waals surface area contributed by atoms with Gasteiger partial charge in [-0.25, -0.2) is 0 Å². The molecular weight excluding hydrogens is 1240 g/mol. The zero-order chi connectivity index (χ0) is 69.3. The molecule has 0 saturated carbocycles. The summed E-state index contributed by atoms with van der Waals surface area (Å²) in [6, 6.07) is 46.4. The van der Waals surface area contributed by atoms with Crippen LogP contribution in [0.4, 0.5) is 22.7 Å². The van der Waals surface area contributed by atoms with Gasteiger partial charge in [-0.15, -0.1) is 0 Å². The van der Waals surface area contributed by atoms with Crippen molar-refractivity contribution in [3.05, 3.63) is 234 Å². The van der Waals surface area contributed by atoms with Gasteiger partial charge in [0.2, 0.25) is 0 Å². The molecule has 0 aliphatic heterocycles. The molecule has 8 aromatic rings. The Labute approximate surface area is 589 Å². The van der Waals surface area contributed by atoms with Crippen molar-refractivity contribution in [3.8, 4) is 45.3 Å². The number of hydrogen-bond donors (Lipinski definition) is 0. The first kappa shape index (κ1) is 84.7. The first-order chi connectivity index (χ1) is 43.2. The molecule has 0 bridgehead atoms. The summed E-state index contributed by atoms with van der Waals surface area (Å²) in [6.45, 7) is 32.7. The number of aryl methyl sites for hydroxylation is 4. The van der Waals surface area contributed by atoms with E-state index in [-0.39, 0.29) is 81.8 Å². The Morgan fingerprint density at radius 1 is 0.266 bits per heavy atom. The SMILES string of the molecule is C[N-]C.C[N-]C.C[N-]C.C[N-]C.Cc1cccc(N=Cc2cccc(C(C)(C)C)c2[O-])c1-c1c(C)cccc1N=Cc1cccc(C(C)(C)C)c1[O-].Cc1cccc(N=Cc2cccc(C(C)(C)C)c2[O-])c1-c1c(C)cccc1N=Cc1cccc(C(C)(C)C)c1[O-].[V+4].[V+4]. The molecule has 0 N–H and O–H groups in total. The van der Waals surface area contributed by atoms with Crippen LogP contribution >= 0.6 is 0 Å². The topological polar surface area (TPSA) is 198 Å². The molecule has 0 atom stereocenters. The third kappa shape index (κ3) is 24.1. The number of para-hydroxylation sites is 4. The van der Waals surface area contributed by atoms with Gasteiger partial charge in [0.15, 0.2) is 0 Å². The minimum Gasteiger partial charge on any atom is -0.872 e. The summed E-state index contributed by atoms with van der Waals surface area (Å²) in [5, 5.41) is 66.7. The van der Waals surface area contributed by atoms with Crippen LogP contribution in [0.15, 0.2) is 166 Å². The number of aliphatic imine (C=N–C) groups is 4. The molecule has 0 unspecified atom stereocenters. The van der Waals surface area contributed by atoms with Gasteiger partial charge in [0.25, 0.3) is 0 Å². The Morgan fingerprint density at radius 3 is 0.564 bits per heavy atom. The van der Waals surface area contributed by atoms with Crippen LogP contribution in [0.3, 0.4) is 0 Å². The Kier molecular flexibility index (Phi) is 35.6. The van der Waals surface area contributed by atoms with Crippen molar-refractivity contribution in [2.75, 3.05) is 56.4 Å². The molecule has 94 heavy (non-hydrogen) atoms. The number of nitrogens with zero attached hydrogens (tertiary/aromatic N) is 8. The van der Waals surface area contributed by atoms with Gasteiger partial charge in [-0.3, -0.25) is 20.0 Å². The minimum absolute atomic E-state index is 0. The summed E-state index contributed by atoms with van der Waals surface area (Å²) in [5.41, 5.74) is 15.3. The Morgan fingerprint density at radius 2 is 0.415 bits per heavy atom. The van der Waals surface area contributed by atoms with Gasteiger partial charge in [0, 0.05) is 47.1 Å². The van der Waals surface area contributed by atoms with E-state index in [9.17, 15) is 20.4 Å². The first-order valence-corrected chi connectivity index (χ1v) is 30.9. The molecule has 2 radical (unpaired) electrons. The van der Waals surface area contributed by atoms with Crippen LogP contribution in [0.25, 0.3) is 43.5 Å². The smallest absolute Gasteiger partial charge is 0.872 e.